The fraction of sp³-hybridized carbons (Fsp3) is 0.400. The molecule has 3 N–H and O–H groups in total. The van der Waals surface area contributed by atoms with Gasteiger partial charge in [-0.25, -0.2) is 14.4 Å². The maximum Gasteiger partial charge on any atom is 0.224 e. The summed E-state index contributed by atoms with van der Waals surface area (Å²) in [5.41, 5.74) is 2.91. The van der Waals surface area contributed by atoms with E-state index in [2.05, 4.69) is 20.6 Å². The van der Waals surface area contributed by atoms with Gasteiger partial charge in [-0.2, -0.15) is 0 Å². The number of rotatable bonds is 9. The van der Waals surface area contributed by atoms with Crippen molar-refractivity contribution in [2.24, 2.45) is 11.8 Å². The van der Waals surface area contributed by atoms with Crippen LogP contribution >= 0.6 is 11.6 Å². The number of ketones is 1. The first-order valence-corrected chi connectivity index (χ1v) is 13.9. The van der Waals surface area contributed by atoms with Crippen LogP contribution in [0.3, 0.4) is 0 Å². The Kier molecular flexibility index (Phi) is 8.82. The van der Waals surface area contributed by atoms with Crippen LogP contribution in [0.2, 0.25) is 5.02 Å². The van der Waals surface area contributed by atoms with Gasteiger partial charge < -0.3 is 25.2 Å². The molecule has 1 unspecified atom stereocenters. The first-order valence-electron chi connectivity index (χ1n) is 13.6. The van der Waals surface area contributed by atoms with E-state index in [4.69, 9.17) is 21.1 Å². The summed E-state index contributed by atoms with van der Waals surface area (Å²) in [4.78, 5) is 35.6. The Labute approximate surface area is 242 Å². The number of benzene rings is 2. The number of nitrogens with zero attached hydrogens (tertiary/aromatic N) is 2. The minimum atomic E-state index is -0.858. The molecule has 216 valence electrons. The van der Waals surface area contributed by atoms with E-state index < -0.39 is 36.2 Å². The first-order chi connectivity index (χ1) is 19.8. The fourth-order valence-corrected chi connectivity index (χ4v) is 5.55. The number of carbonyl (C=O) groups excluding carboxylic acids is 2. The molecule has 11 heteroatoms. The molecule has 2 aliphatic rings. The molecule has 1 aliphatic heterocycles. The van der Waals surface area contributed by atoms with E-state index in [0.29, 0.717) is 53.0 Å². The van der Waals surface area contributed by atoms with Crippen LogP contribution in [-0.4, -0.2) is 59.7 Å². The van der Waals surface area contributed by atoms with Crippen molar-refractivity contribution < 1.29 is 28.6 Å². The van der Waals surface area contributed by atoms with Gasteiger partial charge in [-0.15, -0.1) is 0 Å². The van der Waals surface area contributed by atoms with Gasteiger partial charge in [0.05, 0.1) is 36.7 Å². The second kappa shape index (κ2) is 12.5. The minimum absolute atomic E-state index is 0.150. The molecular formula is C30H32ClFN4O5. The van der Waals surface area contributed by atoms with Crippen LogP contribution in [0, 0.1) is 17.7 Å². The largest absolute Gasteiger partial charge is 0.497 e. The fourth-order valence-electron chi connectivity index (χ4n) is 5.35. The molecule has 1 fully saturated rings. The number of methoxy groups -OCH3 is 1. The van der Waals surface area contributed by atoms with E-state index in [1.807, 2.05) is 12.1 Å². The summed E-state index contributed by atoms with van der Waals surface area (Å²) in [6.45, 7) is 2.60. The molecule has 2 aromatic carbocycles. The lowest BCUT2D eigenvalue weighted by atomic mass is 9.89. The molecule has 9 nitrogen and oxygen atoms in total. The van der Waals surface area contributed by atoms with Crippen molar-refractivity contribution in [1.29, 1.82) is 0 Å². The van der Waals surface area contributed by atoms with Crippen LogP contribution in [0.4, 0.5) is 10.3 Å². The Morgan fingerprint density at radius 2 is 2.02 bits per heavy atom. The molecule has 1 aromatic heterocycles. The van der Waals surface area contributed by atoms with Crippen molar-refractivity contribution in [3.8, 4) is 17.0 Å². The normalized spacial score (nSPS) is 18.5. The van der Waals surface area contributed by atoms with Crippen molar-refractivity contribution in [3.63, 3.8) is 0 Å². The number of carbonyl (C=O) groups is 2. The van der Waals surface area contributed by atoms with Crippen LogP contribution in [0.25, 0.3) is 11.3 Å². The summed E-state index contributed by atoms with van der Waals surface area (Å²) in [7, 11) is 1.41. The van der Waals surface area contributed by atoms with Gasteiger partial charge in [0.1, 0.15) is 11.6 Å². The summed E-state index contributed by atoms with van der Waals surface area (Å²) in [5.74, 6) is -1.67. The van der Waals surface area contributed by atoms with Crippen LogP contribution in [0.5, 0.6) is 5.75 Å². The van der Waals surface area contributed by atoms with Crippen LogP contribution < -0.4 is 15.4 Å². The molecular weight excluding hydrogens is 551 g/mol. The number of amides is 1. The number of ether oxygens (including phenoxy) is 2. The quantitative estimate of drug-likeness (QED) is 0.340. The van der Waals surface area contributed by atoms with E-state index in [9.17, 15) is 19.1 Å². The Hall–Kier alpha value is -3.60. The number of aliphatic hydroxyl groups excluding tert-OH is 1. The maximum absolute atomic E-state index is 14.0. The zero-order chi connectivity index (χ0) is 29.1. The van der Waals surface area contributed by atoms with Gasteiger partial charge in [-0.1, -0.05) is 30.7 Å². The SMILES string of the molecule is COc1cc(F)cc([C@@H](CO)NC(=O)[C@@H](C)C2Cc3ccc(-c4nc(NC5CCOCC5)ncc4Cl)cc3C2=O)c1. The zero-order valence-corrected chi connectivity index (χ0v) is 23.6. The number of fused-ring (bicyclic) bond motifs is 1. The van der Waals surface area contributed by atoms with E-state index in [0.717, 1.165) is 18.4 Å². The number of anilines is 1. The number of hydrogen-bond donors (Lipinski definition) is 3. The molecule has 0 radical (unpaired) electrons. The Balaban J connectivity index is 1.31. The third-order valence-corrected chi connectivity index (χ3v) is 8.05. The van der Waals surface area contributed by atoms with Crippen LogP contribution in [-0.2, 0) is 16.0 Å². The predicted octanol–water partition coefficient (Wildman–Crippen LogP) is 4.38. The lowest BCUT2D eigenvalue weighted by Gasteiger charge is -2.23. The predicted molar refractivity (Wildman–Crippen MR) is 152 cm³/mol. The lowest BCUT2D eigenvalue weighted by Crippen LogP contribution is -2.38. The van der Waals surface area contributed by atoms with Crippen molar-refractivity contribution >= 4 is 29.2 Å². The van der Waals surface area contributed by atoms with Gasteiger partial charge in [-0.05, 0) is 48.6 Å². The van der Waals surface area contributed by atoms with Crippen molar-refractivity contribution in [2.45, 2.75) is 38.3 Å². The number of hydrogen-bond acceptors (Lipinski definition) is 8. The molecule has 3 atom stereocenters. The third kappa shape index (κ3) is 6.34. The van der Waals surface area contributed by atoms with Gasteiger partial charge in [-0.3, -0.25) is 9.59 Å². The highest BCUT2D eigenvalue weighted by Crippen LogP contribution is 2.36. The van der Waals surface area contributed by atoms with Crippen LogP contribution in [0.15, 0.2) is 42.6 Å². The van der Waals surface area contributed by atoms with Crippen molar-refractivity contribution in [2.75, 3.05) is 32.2 Å². The molecule has 41 heavy (non-hydrogen) atoms. The molecule has 5 rings (SSSR count). The molecule has 2 heterocycles. The van der Waals surface area contributed by atoms with Gasteiger partial charge >= 0.3 is 0 Å². The molecule has 1 aliphatic carbocycles. The summed E-state index contributed by atoms with van der Waals surface area (Å²) >= 11 is 6.46. The summed E-state index contributed by atoms with van der Waals surface area (Å²) < 4.78 is 24.5. The first kappa shape index (κ1) is 28.9. The molecule has 0 saturated carbocycles. The van der Waals surface area contributed by atoms with Crippen LogP contribution in [0.1, 0.15) is 47.3 Å². The number of nitrogens with one attached hydrogen (secondary N) is 2. The smallest absolute Gasteiger partial charge is 0.224 e. The number of Topliss-reactive ketones (excluding diaryl/α,β-unsaturated/α-hetero) is 1. The Morgan fingerprint density at radius 1 is 1.24 bits per heavy atom. The van der Waals surface area contributed by atoms with E-state index >= 15 is 0 Å². The highest BCUT2D eigenvalue weighted by Gasteiger charge is 2.38. The highest BCUT2D eigenvalue weighted by molar-refractivity contribution is 6.33. The van der Waals surface area contributed by atoms with Gasteiger partial charge in [0, 0.05) is 48.3 Å². The van der Waals surface area contributed by atoms with E-state index in [-0.39, 0.29) is 17.6 Å². The van der Waals surface area contributed by atoms with Gasteiger partial charge in [0.2, 0.25) is 11.9 Å². The Morgan fingerprint density at radius 3 is 2.76 bits per heavy atom. The summed E-state index contributed by atoms with van der Waals surface area (Å²) in [6.07, 6.45) is 3.66. The summed E-state index contributed by atoms with van der Waals surface area (Å²) in [6, 6.07) is 8.85. The van der Waals surface area contributed by atoms with E-state index in [1.54, 1.807) is 25.3 Å². The maximum atomic E-state index is 14.0. The van der Waals surface area contributed by atoms with Gasteiger partial charge in [0.25, 0.3) is 0 Å². The number of aliphatic hydroxyl groups is 1. The summed E-state index contributed by atoms with van der Waals surface area (Å²) in [5, 5.41) is 16.4. The lowest BCUT2D eigenvalue weighted by molar-refractivity contribution is -0.126. The van der Waals surface area contributed by atoms with Gasteiger partial charge in [0.15, 0.2) is 5.78 Å². The average Bonchev–Trinajstić information content (AvgIpc) is 3.31. The zero-order valence-electron chi connectivity index (χ0n) is 22.8. The molecule has 3 aromatic rings. The minimum Gasteiger partial charge on any atom is -0.497 e. The average molecular weight is 583 g/mol. The topological polar surface area (TPSA) is 123 Å². The number of halogens is 2. The van der Waals surface area contributed by atoms with Crippen molar-refractivity contribution in [3.05, 3.63) is 70.1 Å². The molecule has 1 saturated heterocycles. The second-order valence-electron chi connectivity index (χ2n) is 10.4. The standard InChI is InChI=1S/C30H32ClFN4O5/c1-16(29(39)35-26(15-37)19-9-20(32)13-22(10-19)40-2)23-11-17-3-4-18(12-24(17)28(23)38)27-25(31)14-33-30(36-27)34-21-5-7-41-8-6-21/h3-4,9-10,12-14,16,21,23,26,37H,5-8,11,15H2,1-2H3,(H,35,39)(H,33,34,36)/t16-,23?,26+/m0/s1. The third-order valence-electron chi connectivity index (χ3n) is 7.77. The molecule has 0 bridgehead atoms. The Bertz CT molecular complexity index is 1450. The number of aromatic nitrogens is 2. The monoisotopic (exact) mass is 582 g/mol. The second-order valence-corrected chi connectivity index (χ2v) is 10.8. The molecule has 1 amide bonds. The van der Waals surface area contributed by atoms with E-state index in [1.165, 1.54) is 19.2 Å². The highest BCUT2D eigenvalue weighted by atomic mass is 35.5. The van der Waals surface area contributed by atoms with Crippen molar-refractivity contribution in [1.82, 2.24) is 15.3 Å². The molecule has 0 spiro atoms.